The first kappa shape index (κ1) is 15.4. The molecule has 0 saturated heterocycles. The number of rotatable bonds is 5. The quantitative estimate of drug-likeness (QED) is 0.823. The normalized spacial score (nSPS) is 10.1. The minimum absolute atomic E-state index is 0.0369. The van der Waals surface area contributed by atoms with Crippen molar-refractivity contribution in [3.8, 4) is 0 Å². The second-order valence-corrected chi connectivity index (χ2v) is 5.61. The zero-order valence-corrected chi connectivity index (χ0v) is 12.4. The molecule has 0 bridgehead atoms. The Labute approximate surface area is 131 Å². The summed E-state index contributed by atoms with van der Waals surface area (Å²) in [4.78, 5) is 23.8. The van der Waals surface area contributed by atoms with E-state index in [4.69, 9.17) is 16.7 Å². The molecule has 0 aliphatic carbocycles. The standard InChI is InChI=1S/C15H12ClNO3S/c16-13-7-6-10(8-12(13)15(19)20)17-14(18)9-21-11-4-2-1-3-5-11/h1-8H,9H2,(H,17,18)(H,19,20). The van der Waals surface area contributed by atoms with Gasteiger partial charge in [-0.2, -0.15) is 0 Å². The largest absolute Gasteiger partial charge is 0.478 e. The monoisotopic (exact) mass is 321 g/mol. The number of carbonyl (C=O) groups is 2. The number of aromatic carboxylic acids is 1. The van der Waals surface area contributed by atoms with Crippen LogP contribution in [0.25, 0.3) is 0 Å². The number of anilines is 1. The van der Waals surface area contributed by atoms with Gasteiger partial charge in [-0.05, 0) is 30.3 Å². The summed E-state index contributed by atoms with van der Waals surface area (Å²) in [7, 11) is 0. The number of halogens is 1. The number of carbonyl (C=O) groups excluding carboxylic acids is 1. The second-order valence-electron chi connectivity index (χ2n) is 4.15. The average Bonchev–Trinajstić information content (AvgIpc) is 2.48. The van der Waals surface area contributed by atoms with Gasteiger partial charge in [0, 0.05) is 10.6 Å². The highest BCUT2D eigenvalue weighted by Crippen LogP contribution is 2.21. The number of benzene rings is 2. The van der Waals surface area contributed by atoms with E-state index in [9.17, 15) is 9.59 Å². The molecule has 2 aromatic carbocycles. The van der Waals surface area contributed by atoms with E-state index in [0.29, 0.717) is 5.69 Å². The molecule has 0 atom stereocenters. The molecule has 6 heteroatoms. The molecule has 0 unspecified atom stereocenters. The molecule has 2 rings (SSSR count). The van der Waals surface area contributed by atoms with E-state index in [0.717, 1.165) is 4.90 Å². The number of amides is 1. The lowest BCUT2D eigenvalue weighted by Crippen LogP contribution is -2.14. The molecule has 0 heterocycles. The molecule has 0 fully saturated rings. The molecule has 0 aliphatic rings. The number of nitrogens with one attached hydrogen (secondary N) is 1. The zero-order valence-electron chi connectivity index (χ0n) is 10.9. The molecule has 0 spiro atoms. The average molecular weight is 322 g/mol. The van der Waals surface area contributed by atoms with Crippen LogP contribution in [0.1, 0.15) is 10.4 Å². The number of hydrogen-bond donors (Lipinski definition) is 2. The Morgan fingerprint density at radius 1 is 1.14 bits per heavy atom. The first-order valence-electron chi connectivity index (χ1n) is 6.07. The van der Waals surface area contributed by atoms with Crippen molar-refractivity contribution in [3.63, 3.8) is 0 Å². The maximum Gasteiger partial charge on any atom is 0.337 e. The topological polar surface area (TPSA) is 66.4 Å². The summed E-state index contributed by atoms with van der Waals surface area (Å²) in [6, 6.07) is 13.9. The van der Waals surface area contributed by atoms with Crippen LogP contribution in [-0.4, -0.2) is 22.7 Å². The molecule has 4 nitrogen and oxygen atoms in total. The summed E-state index contributed by atoms with van der Waals surface area (Å²) in [6.07, 6.45) is 0. The number of hydrogen-bond acceptors (Lipinski definition) is 3. The predicted octanol–water partition coefficient (Wildman–Crippen LogP) is 3.77. The van der Waals surface area contributed by atoms with Crippen molar-refractivity contribution >= 4 is 40.9 Å². The first-order chi connectivity index (χ1) is 10.1. The molecule has 2 N–H and O–H groups in total. The van der Waals surface area contributed by atoms with E-state index >= 15 is 0 Å². The van der Waals surface area contributed by atoms with Crippen LogP contribution in [0.3, 0.4) is 0 Å². The van der Waals surface area contributed by atoms with E-state index in [2.05, 4.69) is 5.32 Å². The Morgan fingerprint density at radius 3 is 2.52 bits per heavy atom. The third-order valence-electron chi connectivity index (χ3n) is 2.59. The number of carboxylic acid groups (broad SMARTS) is 1. The second kappa shape index (κ2) is 7.15. The van der Waals surface area contributed by atoms with Gasteiger partial charge in [-0.3, -0.25) is 4.79 Å². The fourth-order valence-corrected chi connectivity index (χ4v) is 2.55. The molecule has 0 aromatic heterocycles. The summed E-state index contributed by atoms with van der Waals surface area (Å²) < 4.78 is 0. The van der Waals surface area contributed by atoms with Gasteiger partial charge < -0.3 is 10.4 Å². The van der Waals surface area contributed by atoms with E-state index in [1.807, 2.05) is 30.3 Å². The van der Waals surface area contributed by atoms with Gasteiger partial charge in [-0.1, -0.05) is 29.8 Å². The van der Waals surface area contributed by atoms with Crippen molar-refractivity contribution < 1.29 is 14.7 Å². The Morgan fingerprint density at radius 2 is 1.86 bits per heavy atom. The molecule has 21 heavy (non-hydrogen) atoms. The Kier molecular flexibility index (Phi) is 5.25. The van der Waals surface area contributed by atoms with Crippen LogP contribution in [0.15, 0.2) is 53.4 Å². The molecule has 1 amide bonds. The van der Waals surface area contributed by atoms with E-state index in [1.165, 1.54) is 23.9 Å². The highest BCUT2D eigenvalue weighted by molar-refractivity contribution is 8.00. The van der Waals surface area contributed by atoms with Crippen molar-refractivity contribution in [1.29, 1.82) is 0 Å². The maximum absolute atomic E-state index is 11.8. The van der Waals surface area contributed by atoms with Crippen molar-refractivity contribution in [2.45, 2.75) is 4.90 Å². The molecule has 0 radical (unpaired) electrons. The van der Waals surface area contributed by atoms with Crippen molar-refractivity contribution in [2.75, 3.05) is 11.1 Å². The van der Waals surface area contributed by atoms with Gasteiger partial charge in [-0.15, -0.1) is 11.8 Å². The highest BCUT2D eigenvalue weighted by atomic mass is 35.5. The summed E-state index contributed by atoms with van der Waals surface area (Å²) in [5, 5.41) is 11.8. The first-order valence-corrected chi connectivity index (χ1v) is 7.43. The van der Waals surface area contributed by atoms with E-state index < -0.39 is 5.97 Å². The number of carboxylic acids is 1. The van der Waals surface area contributed by atoms with Crippen LogP contribution < -0.4 is 5.32 Å². The van der Waals surface area contributed by atoms with Gasteiger partial charge in [0.15, 0.2) is 0 Å². The van der Waals surface area contributed by atoms with Crippen LogP contribution in [0, 0.1) is 0 Å². The van der Waals surface area contributed by atoms with Crippen LogP contribution in [0.5, 0.6) is 0 Å². The molecular formula is C15H12ClNO3S. The summed E-state index contributed by atoms with van der Waals surface area (Å²) in [5.41, 5.74) is 0.376. The molecule has 2 aromatic rings. The lowest BCUT2D eigenvalue weighted by atomic mass is 10.2. The zero-order chi connectivity index (χ0) is 15.2. The predicted molar refractivity (Wildman–Crippen MR) is 84.2 cm³/mol. The maximum atomic E-state index is 11.8. The fraction of sp³-hybridized carbons (Fsp3) is 0.0667. The minimum atomic E-state index is -1.13. The third-order valence-corrected chi connectivity index (χ3v) is 3.94. The SMILES string of the molecule is O=C(CSc1ccccc1)Nc1ccc(Cl)c(C(=O)O)c1. The van der Waals surface area contributed by atoms with Crippen molar-refractivity contribution in [3.05, 3.63) is 59.1 Å². The number of thioether (sulfide) groups is 1. The Bertz CT molecular complexity index is 661. The van der Waals surface area contributed by atoms with Gasteiger partial charge >= 0.3 is 5.97 Å². The van der Waals surface area contributed by atoms with Crippen LogP contribution >= 0.6 is 23.4 Å². The van der Waals surface area contributed by atoms with Gasteiger partial charge in [0.1, 0.15) is 0 Å². The van der Waals surface area contributed by atoms with E-state index in [1.54, 1.807) is 6.07 Å². The van der Waals surface area contributed by atoms with Gasteiger partial charge in [0.2, 0.25) is 5.91 Å². The lowest BCUT2D eigenvalue weighted by Gasteiger charge is -2.07. The molecule has 0 aliphatic heterocycles. The Balaban J connectivity index is 1.97. The van der Waals surface area contributed by atoms with Crippen molar-refractivity contribution in [2.24, 2.45) is 0 Å². The van der Waals surface area contributed by atoms with Crippen LogP contribution in [0.2, 0.25) is 5.02 Å². The molecular weight excluding hydrogens is 310 g/mol. The van der Waals surface area contributed by atoms with Gasteiger partial charge in [-0.25, -0.2) is 4.79 Å². The fourth-order valence-electron chi connectivity index (χ4n) is 1.63. The highest BCUT2D eigenvalue weighted by Gasteiger charge is 2.11. The van der Waals surface area contributed by atoms with E-state index in [-0.39, 0.29) is 22.2 Å². The molecule has 0 saturated carbocycles. The summed E-state index contributed by atoms with van der Waals surface area (Å²) >= 11 is 7.18. The Hall–Kier alpha value is -1.98. The lowest BCUT2D eigenvalue weighted by molar-refractivity contribution is -0.113. The van der Waals surface area contributed by atoms with Gasteiger partial charge in [0.25, 0.3) is 0 Å². The third kappa shape index (κ3) is 4.51. The summed E-state index contributed by atoms with van der Waals surface area (Å²) in [6.45, 7) is 0. The van der Waals surface area contributed by atoms with Crippen LogP contribution in [-0.2, 0) is 4.79 Å². The van der Waals surface area contributed by atoms with Gasteiger partial charge in [0.05, 0.1) is 16.3 Å². The molecule has 108 valence electrons. The van der Waals surface area contributed by atoms with Crippen molar-refractivity contribution in [1.82, 2.24) is 0 Å². The minimum Gasteiger partial charge on any atom is -0.478 e. The summed E-state index contributed by atoms with van der Waals surface area (Å²) in [5.74, 6) is -1.09. The van der Waals surface area contributed by atoms with Crippen LogP contribution in [0.4, 0.5) is 5.69 Å². The smallest absolute Gasteiger partial charge is 0.337 e.